The smallest absolute Gasteiger partial charge is 0.220 e. The first-order valence-corrected chi connectivity index (χ1v) is 9.07. The molecule has 0 aliphatic carbocycles. The monoisotopic (exact) mass is 328 g/mol. The highest BCUT2D eigenvalue weighted by atomic mass is 32.2. The Morgan fingerprint density at radius 2 is 1.95 bits per heavy atom. The fraction of sp³-hybridized carbons (Fsp3) is 0.533. The molecule has 5 nitrogen and oxygen atoms in total. The lowest BCUT2D eigenvalue weighted by Crippen LogP contribution is -2.42. The van der Waals surface area contributed by atoms with Crippen LogP contribution in [-0.4, -0.2) is 44.0 Å². The SMILES string of the molecule is O=C(CCc1ccc(F)cc1)NCCN1CCCCS1(=O)=O. The highest BCUT2D eigenvalue weighted by Gasteiger charge is 2.24. The van der Waals surface area contributed by atoms with Crippen molar-refractivity contribution in [2.24, 2.45) is 0 Å². The predicted molar refractivity (Wildman–Crippen MR) is 82.3 cm³/mol. The van der Waals surface area contributed by atoms with Crippen LogP contribution in [0.2, 0.25) is 0 Å². The Morgan fingerprint density at radius 3 is 2.64 bits per heavy atom. The summed E-state index contributed by atoms with van der Waals surface area (Å²) in [6.07, 6.45) is 2.42. The molecule has 0 aromatic heterocycles. The Kier molecular flexibility index (Phi) is 5.90. The molecule has 0 saturated carbocycles. The molecule has 1 N–H and O–H groups in total. The number of hydrogen-bond donors (Lipinski definition) is 1. The molecular formula is C15H21FN2O3S. The minimum absolute atomic E-state index is 0.126. The Morgan fingerprint density at radius 1 is 1.23 bits per heavy atom. The zero-order chi connectivity index (χ0) is 16.0. The molecule has 0 bridgehead atoms. The average molecular weight is 328 g/mol. The number of amides is 1. The summed E-state index contributed by atoms with van der Waals surface area (Å²) in [5.74, 6) is -0.222. The van der Waals surface area contributed by atoms with E-state index in [1.54, 1.807) is 12.1 Å². The Balaban J connectivity index is 1.68. The van der Waals surface area contributed by atoms with Gasteiger partial charge in [-0.2, -0.15) is 0 Å². The van der Waals surface area contributed by atoms with E-state index in [1.807, 2.05) is 0 Å². The summed E-state index contributed by atoms with van der Waals surface area (Å²) < 4.78 is 37.8. The van der Waals surface area contributed by atoms with Gasteiger partial charge in [0, 0.05) is 26.1 Å². The van der Waals surface area contributed by atoms with Crippen LogP contribution < -0.4 is 5.32 Å². The lowest BCUT2D eigenvalue weighted by atomic mass is 10.1. The Labute approximate surface area is 130 Å². The molecule has 1 saturated heterocycles. The highest BCUT2D eigenvalue weighted by molar-refractivity contribution is 7.89. The molecule has 1 aromatic carbocycles. The molecule has 1 aliphatic heterocycles. The second-order valence-corrected chi connectivity index (χ2v) is 7.49. The van der Waals surface area contributed by atoms with Crippen molar-refractivity contribution in [1.29, 1.82) is 0 Å². The van der Waals surface area contributed by atoms with Crippen LogP contribution in [0.4, 0.5) is 4.39 Å². The third-order valence-corrected chi connectivity index (χ3v) is 5.65. The number of nitrogens with one attached hydrogen (secondary N) is 1. The van der Waals surface area contributed by atoms with E-state index in [9.17, 15) is 17.6 Å². The van der Waals surface area contributed by atoms with E-state index in [0.717, 1.165) is 12.0 Å². The summed E-state index contributed by atoms with van der Waals surface area (Å²) >= 11 is 0. The van der Waals surface area contributed by atoms with Crippen LogP contribution >= 0.6 is 0 Å². The molecule has 0 atom stereocenters. The average Bonchev–Trinajstić information content (AvgIpc) is 2.48. The molecule has 0 unspecified atom stereocenters. The van der Waals surface area contributed by atoms with Crippen molar-refractivity contribution in [3.8, 4) is 0 Å². The van der Waals surface area contributed by atoms with Gasteiger partial charge >= 0.3 is 0 Å². The number of carbonyl (C=O) groups excluding carboxylic acids is 1. The standard InChI is InChI=1S/C15H21FN2O3S/c16-14-6-3-13(4-7-14)5-8-15(19)17-9-11-18-10-1-2-12-22(18,20)21/h3-4,6-7H,1-2,5,8-12H2,(H,17,19). The van der Waals surface area contributed by atoms with E-state index in [1.165, 1.54) is 16.4 Å². The van der Waals surface area contributed by atoms with Gasteiger partial charge in [-0.15, -0.1) is 0 Å². The molecule has 22 heavy (non-hydrogen) atoms. The normalized spacial score (nSPS) is 18.0. The zero-order valence-electron chi connectivity index (χ0n) is 12.4. The molecule has 1 amide bonds. The van der Waals surface area contributed by atoms with Gasteiger partial charge in [0.15, 0.2) is 0 Å². The lowest BCUT2D eigenvalue weighted by Gasteiger charge is -2.26. The quantitative estimate of drug-likeness (QED) is 0.856. The van der Waals surface area contributed by atoms with Crippen LogP contribution in [-0.2, 0) is 21.2 Å². The lowest BCUT2D eigenvalue weighted by molar-refractivity contribution is -0.121. The summed E-state index contributed by atoms with van der Waals surface area (Å²) in [4.78, 5) is 11.7. The van der Waals surface area contributed by atoms with E-state index in [0.29, 0.717) is 38.9 Å². The number of sulfonamides is 1. The number of carbonyl (C=O) groups is 1. The number of halogens is 1. The minimum atomic E-state index is -3.13. The van der Waals surface area contributed by atoms with Gasteiger partial charge in [0.1, 0.15) is 5.82 Å². The van der Waals surface area contributed by atoms with Crippen molar-refractivity contribution in [2.75, 3.05) is 25.4 Å². The van der Waals surface area contributed by atoms with E-state index in [2.05, 4.69) is 5.32 Å². The number of rotatable bonds is 6. The predicted octanol–water partition coefficient (Wildman–Crippen LogP) is 1.30. The second kappa shape index (κ2) is 7.69. The molecule has 1 heterocycles. The summed E-state index contributed by atoms with van der Waals surface area (Å²) in [5.41, 5.74) is 0.898. The second-order valence-electron chi connectivity index (χ2n) is 5.40. The van der Waals surface area contributed by atoms with Gasteiger partial charge in [0.25, 0.3) is 0 Å². The molecular weight excluding hydrogens is 307 g/mol. The van der Waals surface area contributed by atoms with Gasteiger partial charge in [-0.1, -0.05) is 12.1 Å². The number of aryl methyl sites for hydroxylation is 1. The van der Waals surface area contributed by atoms with Crippen LogP contribution in [0.15, 0.2) is 24.3 Å². The van der Waals surface area contributed by atoms with E-state index >= 15 is 0 Å². The van der Waals surface area contributed by atoms with Gasteiger partial charge in [-0.25, -0.2) is 17.1 Å². The first kappa shape index (κ1) is 16.9. The summed E-state index contributed by atoms with van der Waals surface area (Å²) in [7, 11) is -3.13. The number of benzene rings is 1. The molecule has 1 fully saturated rings. The van der Waals surface area contributed by atoms with Crippen LogP contribution in [0, 0.1) is 5.82 Å². The topological polar surface area (TPSA) is 66.5 Å². The minimum Gasteiger partial charge on any atom is -0.355 e. The molecule has 1 aromatic rings. The van der Waals surface area contributed by atoms with Crippen molar-refractivity contribution in [3.05, 3.63) is 35.6 Å². The first-order valence-electron chi connectivity index (χ1n) is 7.46. The molecule has 2 rings (SSSR count). The van der Waals surface area contributed by atoms with Gasteiger partial charge in [-0.05, 0) is 37.0 Å². The maximum atomic E-state index is 12.8. The first-order chi connectivity index (χ1) is 10.5. The summed E-state index contributed by atoms with van der Waals surface area (Å²) in [5, 5.41) is 2.73. The maximum absolute atomic E-state index is 12.8. The Bertz CT molecular complexity index is 602. The van der Waals surface area contributed by atoms with E-state index in [4.69, 9.17) is 0 Å². The van der Waals surface area contributed by atoms with Crippen molar-refractivity contribution < 1.29 is 17.6 Å². The van der Waals surface area contributed by atoms with Gasteiger partial charge in [0.05, 0.1) is 5.75 Å². The summed E-state index contributed by atoms with van der Waals surface area (Å²) in [6.45, 7) is 1.18. The van der Waals surface area contributed by atoms with Crippen molar-refractivity contribution in [1.82, 2.24) is 9.62 Å². The van der Waals surface area contributed by atoms with Crippen molar-refractivity contribution in [2.45, 2.75) is 25.7 Å². The van der Waals surface area contributed by atoms with Crippen LogP contribution in [0.1, 0.15) is 24.8 Å². The van der Waals surface area contributed by atoms with Gasteiger partial charge < -0.3 is 5.32 Å². The summed E-state index contributed by atoms with van der Waals surface area (Å²) in [6, 6.07) is 6.05. The van der Waals surface area contributed by atoms with Crippen molar-refractivity contribution in [3.63, 3.8) is 0 Å². The molecule has 0 spiro atoms. The van der Waals surface area contributed by atoms with Crippen molar-refractivity contribution >= 4 is 15.9 Å². The van der Waals surface area contributed by atoms with E-state index < -0.39 is 10.0 Å². The molecule has 1 aliphatic rings. The molecule has 122 valence electrons. The fourth-order valence-corrected chi connectivity index (χ4v) is 4.01. The third kappa shape index (κ3) is 5.06. The third-order valence-electron chi connectivity index (χ3n) is 3.69. The highest BCUT2D eigenvalue weighted by Crippen LogP contribution is 2.12. The van der Waals surface area contributed by atoms with E-state index in [-0.39, 0.29) is 17.5 Å². The number of hydrogen-bond acceptors (Lipinski definition) is 3. The van der Waals surface area contributed by atoms with Crippen LogP contribution in [0.25, 0.3) is 0 Å². The van der Waals surface area contributed by atoms with Gasteiger partial charge in [0.2, 0.25) is 15.9 Å². The molecule has 7 heteroatoms. The number of nitrogens with zero attached hydrogens (tertiary/aromatic N) is 1. The van der Waals surface area contributed by atoms with Gasteiger partial charge in [-0.3, -0.25) is 4.79 Å². The largest absolute Gasteiger partial charge is 0.355 e. The van der Waals surface area contributed by atoms with Crippen LogP contribution in [0.5, 0.6) is 0 Å². The Hall–Kier alpha value is -1.47. The maximum Gasteiger partial charge on any atom is 0.220 e. The zero-order valence-corrected chi connectivity index (χ0v) is 13.2. The molecule has 0 radical (unpaired) electrons. The van der Waals surface area contributed by atoms with Crippen LogP contribution in [0.3, 0.4) is 0 Å². The fourth-order valence-electron chi connectivity index (χ4n) is 2.41.